The second kappa shape index (κ2) is 4.62. The highest BCUT2D eigenvalue weighted by Gasteiger charge is 2.30. The number of halogens is 3. The Morgan fingerprint density at radius 3 is 2.36 bits per heavy atom. The monoisotopic (exact) mass is 329 g/mol. The summed E-state index contributed by atoms with van der Waals surface area (Å²) in [4.78, 5) is 2.87. The van der Waals surface area contributed by atoms with E-state index in [-0.39, 0.29) is 5.69 Å². The Kier molecular flexibility index (Phi) is 3.08. The average molecular weight is 329 g/mol. The van der Waals surface area contributed by atoms with Crippen molar-refractivity contribution in [3.8, 4) is 0 Å². The van der Waals surface area contributed by atoms with Crippen LogP contribution in [0, 0.1) is 0 Å². The molecule has 9 heteroatoms. The maximum atomic E-state index is 12.7. The minimum absolute atomic E-state index is 0.232. The number of alkyl halides is 3. The summed E-state index contributed by atoms with van der Waals surface area (Å²) in [5.41, 5.74) is 0.386. The van der Waals surface area contributed by atoms with E-state index in [1.165, 1.54) is 18.2 Å². The topological polar surface area (TPSA) is 88.0 Å². The third kappa shape index (κ3) is 2.72. The van der Waals surface area contributed by atoms with Gasteiger partial charge in [-0.25, -0.2) is 5.14 Å². The van der Waals surface area contributed by atoms with E-state index in [9.17, 15) is 21.6 Å². The van der Waals surface area contributed by atoms with Gasteiger partial charge in [-0.05, 0) is 30.3 Å². The zero-order valence-electron chi connectivity index (χ0n) is 10.9. The predicted molar refractivity (Wildman–Crippen MR) is 77.5 cm³/mol. The molecule has 0 fully saturated rings. The molecule has 0 saturated carbocycles. The second-order valence-electron chi connectivity index (χ2n) is 4.79. The van der Waals surface area contributed by atoms with E-state index in [4.69, 9.17) is 5.14 Å². The quantitative estimate of drug-likeness (QED) is 0.675. The number of nitrogens with one attached hydrogen (secondary N) is 2. The van der Waals surface area contributed by atoms with Crippen LogP contribution < -0.4 is 9.86 Å². The van der Waals surface area contributed by atoms with Gasteiger partial charge in [0.2, 0.25) is 0 Å². The number of anilines is 1. The first-order valence-electron chi connectivity index (χ1n) is 6.07. The molecule has 0 aliphatic carbocycles. The molecule has 3 rings (SSSR count). The van der Waals surface area contributed by atoms with Crippen molar-refractivity contribution in [1.82, 2.24) is 4.98 Å². The predicted octanol–water partition coefficient (Wildman–Crippen LogP) is 2.96. The highest BCUT2D eigenvalue weighted by molar-refractivity contribution is 7.90. The molecule has 0 saturated heterocycles. The fourth-order valence-electron chi connectivity index (χ4n) is 2.31. The number of aromatic amines is 1. The van der Waals surface area contributed by atoms with Crippen LogP contribution in [0.3, 0.4) is 0 Å². The van der Waals surface area contributed by atoms with Crippen molar-refractivity contribution in [3.05, 3.63) is 42.0 Å². The minimum atomic E-state index is -4.42. The highest BCUT2D eigenvalue weighted by Crippen LogP contribution is 2.34. The zero-order chi connectivity index (χ0) is 16.1. The van der Waals surface area contributed by atoms with Crippen LogP contribution in [-0.4, -0.2) is 13.4 Å². The number of nitrogens with two attached hydrogens (primary N) is 1. The van der Waals surface area contributed by atoms with Crippen LogP contribution in [0.5, 0.6) is 0 Å². The molecule has 0 unspecified atom stereocenters. The second-order valence-corrected chi connectivity index (χ2v) is 6.08. The van der Waals surface area contributed by atoms with Gasteiger partial charge in [0.25, 0.3) is 10.2 Å². The van der Waals surface area contributed by atoms with Gasteiger partial charge in [-0.15, -0.1) is 0 Å². The lowest BCUT2D eigenvalue weighted by molar-refractivity contribution is -0.137. The van der Waals surface area contributed by atoms with E-state index in [0.29, 0.717) is 21.8 Å². The SMILES string of the molecule is NS(=O)(=O)Nc1ccc2[nH]c3cc(C(F)(F)F)ccc3c2c1. The smallest absolute Gasteiger partial charge is 0.354 e. The maximum Gasteiger partial charge on any atom is 0.416 e. The first-order chi connectivity index (χ1) is 10.1. The minimum Gasteiger partial charge on any atom is -0.354 e. The average Bonchev–Trinajstić information content (AvgIpc) is 2.73. The molecule has 0 aliphatic rings. The molecule has 0 amide bonds. The largest absolute Gasteiger partial charge is 0.416 e. The van der Waals surface area contributed by atoms with E-state index in [1.807, 2.05) is 0 Å². The van der Waals surface area contributed by atoms with Crippen LogP contribution in [0.4, 0.5) is 18.9 Å². The van der Waals surface area contributed by atoms with Gasteiger partial charge >= 0.3 is 6.18 Å². The molecule has 3 aromatic rings. The summed E-state index contributed by atoms with van der Waals surface area (Å²) in [6.45, 7) is 0. The Bertz CT molecular complexity index is 977. The number of rotatable bonds is 2. The molecular formula is C13H10F3N3O2S. The van der Waals surface area contributed by atoms with E-state index < -0.39 is 21.9 Å². The zero-order valence-corrected chi connectivity index (χ0v) is 11.7. The molecule has 5 nitrogen and oxygen atoms in total. The first kappa shape index (κ1) is 14.7. The van der Waals surface area contributed by atoms with Gasteiger partial charge < -0.3 is 4.98 Å². The number of hydrogen-bond acceptors (Lipinski definition) is 2. The van der Waals surface area contributed by atoms with E-state index >= 15 is 0 Å². The van der Waals surface area contributed by atoms with Crippen molar-refractivity contribution < 1.29 is 21.6 Å². The number of fused-ring (bicyclic) bond motifs is 3. The molecule has 4 N–H and O–H groups in total. The van der Waals surface area contributed by atoms with Gasteiger partial charge in [-0.1, -0.05) is 6.07 Å². The molecule has 22 heavy (non-hydrogen) atoms. The van der Waals surface area contributed by atoms with E-state index in [1.54, 1.807) is 6.07 Å². The van der Waals surface area contributed by atoms with Gasteiger partial charge in [0.15, 0.2) is 0 Å². The Labute approximate surface area is 123 Å². The van der Waals surface area contributed by atoms with Crippen LogP contribution in [0.2, 0.25) is 0 Å². The van der Waals surface area contributed by atoms with Crippen molar-refractivity contribution in [3.63, 3.8) is 0 Å². The Balaban J connectivity index is 2.18. The molecule has 0 bridgehead atoms. The number of H-pyrrole nitrogens is 1. The number of hydrogen-bond donors (Lipinski definition) is 3. The van der Waals surface area contributed by atoms with Gasteiger partial charge in [0, 0.05) is 21.8 Å². The number of benzene rings is 2. The van der Waals surface area contributed by atoms with Gasteiger partial charge in [-0.3, -0.25) is 4.72 Å². The molecule has 1 heterocycles. The third-order valence-corrected chi connectivity index (χ3v) is 3.71. The lowest BCUT2D eigenvalue weighted by Crippen LogP contribution is -2.21. The summed E-state index contributed by atoms with van der Waals surface area (Å²) >= 11 is 0. The van der Waals surface area contributed by atoms with Gasteiger partial charge in [-0.2, -0.15) is 21.6 Å². The molecular weight excluding hydrogens is 319 g/mol. The molecule has 116 valence electrons. The molecule has 0 radical (unpaired) electrons. The van der Waals surface area contributed by atoms with Crippen molar-refractivity contribution >= 4 is 37.7 Å². The summed E-state index contributed by atoms with van der Waals surface area (Å²) in [5.74, 6) is 0. The summed E-state index contributed by atoms with van der Waals surface area (Å²) in [6, 6.07) is 7.88. The van der Waals surface area contributed by atoms with Gasteiger partial charge in [0.05, 0.1) is 11.3 Å². The van der Waals surface area contributed by atoms with Crippen LogP contribution >= 0.6 is 0 Å². The molecule has 0 aliphatic heterocycles. The lowest BCUT2D eigenvalue weighted by Gasteiger charge is -2.06. The lowest BCUT2D eigenvalue weighted by atomic mass is 10.1. The Morgan fingerprint density at radius 1 is 1.00 bits per heavy atom. The van der Waals surface area contributed by atoms with Crippen molar-refractivity contribution in [2.75, 3.05) is 4.72 Å². The van der Waals surface area contributed by atoms with Crippen molar-refractivity contribution in [1.29, 1.82) is 0 Å². The molecule has 1 aromatic heterocycles. The molecule has 0 atom stereocenters. The summed E-state index contributed by atoms with van der Waals surface area (Å²) in [5, 5.41) is 6.05. The maximum absolute atomic E-state index is 12.7. The Morgan fingerprint density at radius 2 is 1.73 bits per heavy atom. The third-order valence-electron chi connectivity index (χ3n) is 3.19. The summed E-state index contributed by atoms with van der Waals surface area (Å²) < 4.78 is 62.3. The summed E-state index contributed by atoms with van der Waals surface area (Å²) in [6.07, 6.45) is -4.42. The Hall–Kier alpha value is -2.26. The first-order valence-corrected chi connectivity index (χ1v) is 7.61. The fraction of sp³-hybridized carbons (Fsp3) is 0.0769. The van der Waals surface area contributed by atoms with Crippen LogP contribution in [0.15, 0.2) is 36.4 Å². The normalized spacial score (nSPS) is 12.9. The summed E-state index contributed by atoms with van der Waals surface area (Å²) in [7, 11) is -3.92. The standard InChI is InChI=1S/C13H10F3N3O2S/c14-13(15,16)7-1-3-9-10-6-8(19-22(17,20)21)2-4-11(10)18-12(9)5-7/h1-6,18-19H,(H2,17,20,21). The van der Waals surface area contributed by atoms with Crippen molar-refractivity contribution in [2.24, 2.45) is 5.14 Å². The highest BCUT2D eigenvalue weighted by atomic mass is 32.2. The van der Waals surface area contributed by atoms with E-state index in [2.05, 4.69) is 9.71 Å². The van der Waals surface area contributed by atoms with E-state index in [0.717, 1.165) is 12.1 Å². The molecule has 0 spiro atoms. The van der Waals surface area contributed by atoms with Gasteiger partial charge in [0.1, 0.15) is 0 Å². The van der Waals surface area contributed by atoms with Crippen LogP contribution in [0.25, 0.3) is 21.8 Å². The fourth-order valence-corrected chi connectivity index (χ4v) is 2.76. The molecule has 2 aromatic carbocycles. The van der Waals surface area contributed by atoms with Crippen LogP contribution in [-0.2, 0) is 16.4 Å². The van der Waals surface area contributed by atoms with Crippen LogP contribution in [0.1, 0.15) is 5.56 Å². The van der Waals surface area contributed by atoms with Crippen molar-refractivity contribution in [2.45, 2.75) is 6.18 Å². The number of aromatic nitrogens is 1.